The molecule has 1 aromatic heterocycles. The van der Waals surface area contributed by atoms with Crippen LogP contribution in [0.3, 0.4) is 0 Å². The Labute approximate surface area is 102 Å². The van der Waals surface area contributed by atoms with Gasteiger partial charge in [0.05, 0.1) is 6.42 Å². The van der Waals surface area contributed by atoms with E-state index in [9.17, 15) is 21.6 Å². The number of sulfonamides is 1. The number of nitrogen functional groups attached to an aromatic ring is 1. The predicted molar refractivity (Wildman–Crippen MR) is 58.2 cm³/mol. The highest BCUT2D eigenvalue weighted by molar-refractivity contribution is 7.89. The Balaban J connectivity index is 2.77. The number of hydrogen-bond acceptors (Lipinski definition) is 4. The van der Waals surface area contributed by atoms with Crippen LogP contribution in [0.1, 0.15) is 13.3 Å². The van der Waals surface area contributed by atoms with Gasteiger partial charge in [0.15, 0.2) is 5.82 Å². The van der Waals surface area contributed by atoms with Gasteiger partial charge in [-0.15, -0.1) is 0 Å². The van der Waals surface area contributed by atoms with Gasteiger partial charge in [0.2, 0.25) is 10.0 Å². The summed E-state index contributed by atoms with van der Waals surface area (Å²) < 4.78 is 62.1. The first-order valence-corrected chi connectivity index (χ1v) is 6.53. The van der Waals surface area contributed by atoms with Crippen LogP contribution in [0.2, 0.25) is 0 Å². The summed E-state index contributed by atoms with van der Waals surface area (Å²) in [7, 11) is -4.06. The van der Waals surface area contributed by atoms with Crippen LogP contribution in [-0.4, -0.2) is 30.9 Å². The summed E-state index contributed by atoms with van der Waals surface area (Å²) in [5, 5.41) is 3.71. The molecule has 3 N–H and O–H groups in total. The predicted octanol–water partition coefficient (Wildman–Crippen LogP) is 0.716. The number of anilines is 1. The number of aryl methyl sites for hydroxylation is 1. The van der Waals surface area contributed by atoms with Gasteiger partial charge in [-0.25, -0.2) is 13.1 Å². The number of nitrogens with zero attached hydrogens (tertiary/aromatic N) is 2. The Morgan fingerprint density at radius 2 is 2.11 bits per heavy atom. The second-order valence-corrected chi connectivity index (χ2v) is 5.23. The first-order valence-electron chi connectivity index (χ1n) is 5.05. The van der Waals surface area contributed by atoms with Crippen molar-refractivity contribution in [3.63, 3.8) is 0 Å². The molecular weight excluding hydrogens is 273 g/mol. The molecule has 0 radical (unpaired) electrons. The Morgan fingerprint density at radius 3 is 2.56 bits per heavy atom. The second kappa shape index (κ2) is 5.14. The van der Waals surface area contributed by atoms with Crippen molar-refractivity contribution in [3.8, 4) is 0 Å². The number of nitrogens with one attached hydrogen (secondary N) is 1. The molecule has 0 amide bonds. The molecule has 0 aliphatic heterocycles. The van der Waals surface area contributed by atoms with E-state index in [-0.39, 0.29) is 10.7 Å². The lowest BCUT2D eigenvalue weighted by Gasteiger charge is -2.07. The molecule has 104 valence electrons. The molecule has 10 heteroatoms. The molecule has 0 atom stereocenters. The third kappa shape index (κ3) is 3.88. The SMILES string of the molecule is CCn1cc(S(=O)(=O)NCCC(F)(F)F)c(N)n1. The average Bonchev–Trinajstić information content (AvgIpc) is 2.58. The highest BCUT2D eigenvalue weighted by Gasteiger charge is 2.28. The highest BCUT2D eigenvalue weighted by Crippen LogP contribution is 2.20. The summed E-state index contributed by atoms with van der Waals surface area (Å²) in [4.78, 5) is -0.313. The monoisotopic (exact) mass is 286 g/mol. The summed E-state index contributed by atoms with van der Waals surface area (Å²) in [6.45, 7) is 1.39. The maximum absolute atomic E-state index is 11.9. The zero-order chi connectivity index (χ0) is 14.0. The molecule has 0 bridgehead atoms. The van der Waals surface area contributed by atoms with Crippen molar-refractivity contribution < 1.29 is 21.6 Å². The van der Waals surface area contributed by atoms with E-state index in [2.05, 4.69) is 5.10 Å². The molecule has 0 saturated carbocycles. The van der Waals surface area contributed by atoms with Gasteiger partial charge in [0.25, 0.3) is 0 Å². The van der Waals surface area contributed by atoms with Gasteiger partial charge in [-0.1, -0.05) is 0 Å². The van der Waals surface area contributed by atoms with E-state index < -0.39 is 29.2 Å². The summed E-state index contributed by atoms with van der Waals surface area (Å²) in [6, 6.07) is 0. The molecule has 0 aromatic carbocycles. The standard InChI is InChI=1S/C8H13F3N4O2S/c1-2-15-5-6(7(12)14-15)18(16,17)13-4-3-8(9,10)11/h5,13H,2-4H2,1H3,(H2,12,14). The molecule has 1 aromatic rings. The van der Waals surface area contributed by atoms with Gasteiger partial charge in [0, 0.05) is 19.3 Å². The van der Waals surface area contributed by atoms with Crippen LogP contribution in [0, 0.1) is 0 Å². The molecular formula is C8H13F3N4O2S. The lowest BCUT2D eigenvalue weighted by Crippen LogP contribution is -2.28. The number of hydrogen-bond donors (Lipinski definition) is 2. The Bertz CT molecular complexity index is 509. The van der Waals surface area contributed by atoms with Crippen molar-refractivity contribution in [3.05, 3.63) is 6.20 Å². The fraction of sp³-hybridized carbons (Fsp3) is 0.625. The molecule has 0 fully saturated rings. The average molecular weight is 286 g/mol. The summed E-state index contributed by atoms with van der Waals surface area (Å²) in [5.74, 6) is -0.239. The largest absolute Gasteiger partial charge is 0.390 e. The number of aromatic nitrogens is 2. The van der Waals surface area contributed by atoms with Gasteiger partial charge in [-0.2, -0.15) is 18.3 Å². The minimum Gasteiger partial charge on any atom is -0.381 e. The van der Waals surface area contributed by atoms with E-state index in [1.165, 1.54) is 10.9 Å². The van der Waals surface area contributed by atoms with E-state index in [4.69, 9.17) is 5.73 Å². The van der Waals surface area contributed by atoms with Crippen LogP contribution >= 0.6 is 0 Å². The van der Waals surface area contributed by atoms with Crippen molar-refractivity contribution in [2.24, 2.45) is 0 Å². The fourth-order valence-electron chi connectivity index (χ4n) is 1.19. The zero-order valence-corrected chi connectivity index (χ0v) is 10.3. The molecule has 1 rings (SSSR count). The second-order valence-electron chi connectivity index (χ2n) is 3.50. The minimum absolute atomic E-state index is 0.239. The molecule has 0 spiro atoms. The van der Waals surface area contributed by atoms with Gasteiger partial charge in [0.1, 0.15) is 4.90 Å². The first-order chi connectivity index (χ1) is 8.15. The quantitative estimate of drug-likeness (QED) is 0.834. The maximum atomic E-state index is 11.9. The van der Waals surface area contributed by atoms with Gasteiger partial charge < -0.3 is 5.73 Å². The van der Waals surface area contributed by atoms with E-state index in [1.807, 2.05) is 4.72 Å². The first kappa shape index (κ1) is 14.8. The third-order valence-corrected chi connectivity index (χ3v) is 3.55. The van der Waals surface area contributed by atoms with Crippen molar-refractivity contribution in [2.75, 3.05) is 12.3 Å². The van der Waals surface area contributed by atoms with Crippen LogP contribution in [-0.2, 0) is 16.6 Å². The van der Waals surface area contributed by atoms with Crippen molar-refractivity contribution >= 4 is 15.8 Å². The summed E-state index contributed by atoms with van der Waals surface area (Å²) >= 11 is 0. The molecule has 0 aliphatic rings. The van der Waals surface area contributed by atoms with Gasteiger partial charge in [-0.3, -0.25) is 4.68 Å². The van der Waals surface area contributed by atoms with Crippen LogP contribution in [0.25, 0.3) is 0 Å². The van der Waals surface area contributed by atoms with E-state index in [1.54, 1.807) is 6.92 Å². The lowest BCUT2D eigenvalue weighted by atomic mass is 10.4. The van der Waals surface area contributed by atoms with Crippen LogP contribution in [0.5, 0.6) is 0 Å². The van der Waals surface area contributed by atoms with Crippen LogP contribution < -0.4 is 10.5 Å². The maximum Gasteiger partial charge on any atom is 0.390 e. The third-order valence-electron chi connectivity index (χ3n) is 2.07. The van der Waals surface area contributed by atoms with Crippen molar-refractivity contribution in [2.45, 2.75) is 31.0 Å². The van der Waals surface area contributed by atoms with Crippen molar-refractivity contribution in [1.29, 1.82) is 0 Å². The Kier molecular flexibility index (Phi) is 4.22. The van der Waals surface area contributed by atoms with Crippen LogP contribution in [0.4, 0.5) is 19.0 Å². The molecule has 0 unspecified atom stereocenters. The minimum atomic E-state index is -4.42. The Morgan fingerprint density at radius 1 is 1.50 bits per heavy atom. The van der Waals surface area contributed by atoms with Crippen LogP contribution in [0.15, 0.2) is 11.1 Å². The lowest BCUT2D eigenvalue weighted by molar-refractivity contribution is -0.132. The molecule has 0 aliphatic carbocycles. The van der Waals surface area contributed by atoms with E-state index in [0.29, 0.717) is 6.54 Å². The Hall–Kier alpha value is -1.29. The summed E-state index contributed by atoms with van der Waals surface area (Å²) in [6.07, 6.45) is -4.49. The zero-order valence-electron chi connectivity index (χ0n) is 9.53. The number of alkyl halides is 3. The fourth-order valence-corrected chi connectivity index (χ4v) is 2.29. The number of rotatable bonds is 5. The smallest absolute Gasteiger partial charge is 0.381 e. The van der Waals surface area contributed by atoms with Crippen molar-refractivity contribution in [1.82, 2.24) is 14.5 Å². The summed E-state index contributed by atoms with van der Waals surface area (Å²) in [5.41, 5.74) is 5.39. The normalized spacial score (nSPS) is 12.9. The molecule has 18 heavy (non-hydrogen) atoms. The van der Waals surface area contributed by atoms with Gasteiger partial charge in [-0.05, 0) is 6.92 Å². The van der Waals surface area contributed by atoms with E-state index >= 15 is 0 Å². The topological polar surface area (TPSA) is 90.0 Å². The molecule has 1 heterocycles. The van der Waals surface area contributed by atoms with Gasteiger partial charge >= 0.3 is 6.18 Å². The molecule has 6 nitrogen and oxygen atoms in total. The number of nitrogens with two attached hydrogens (primary N) is 1. The number of halogens is 3. The van der Waals surface area contributed by atoms with E-state index in [0.717, 1.165) is 0 Å². The highest BCUT2D eigenvalue weighted by atomic mass is 32.2. The molecule has 0 saturated heterocycles.